The summed E-state index contributed by atoms with van der Waals surface area (Å²) in [4.78, 5) is 16.5. The average Bonchev–Trinajstić information content (AvgIpc) is 3.29. The number of carbonyl (C=O) groups is 1. The van der Waals surface area contributed by atoms with Crippen molar-refractivity contribution in [3.8, 4) is 5.75 Å². The Balaban J connectivity index is 1.55. The number of rotatable bonds is 10. The monoisotopic (exact) mass is 439 g/mol. The zero-order valence-electron chi connectivity index (χ0n) is 18.6. The molecule has 3 N–H and O–H groups in total. The molecule has 6 heteroatoms. The van der Waals surface area contributed by atoms with Crippen LogP contribution in [0.25, 0.3) is 15.7 Å². The highest BCUT2D eigenvalue weighted by molar-refractivity contribution is 8.12. The first-order valence-corrected chi connectivity index (χ1v) is 11.7. The molecular formula is C25H33N3O2S. The van der Waals surface area contributed by atoms with Gasteiger partial charge in [-0.15, -0.1) is 0 Å². The van der Waals surface area contributed by atoms with E-state index in [1.807, 2.05) is 30.3 Å². The molecule has 1 fully saturated rings. The molecule has 1 amide bonds. The molecule has 1 aliphatic heterocycles. The van der Waals surface area contributed by atoms with Crippen molar-refractivity contribution in [1.29, 1.82) is 0 Å². The van der Waals surface area contributed by atoms with E-state index in [4.69, 9.17) is 10.5 Å². The summed E-state index contributed by atoms with van der Waals surface area (Å²) in [5.41, 5.74) is 7.51. The van der Waals surface area contributed by atoms with Crippen LogP contribution in [-0.2, 0) is 4.79 Å². The van der Waals surface area contributed by atoms with Gasteiger partial charge in [0.1, 0.15) is 5.75 Å². The van der Waals surface area contributed by atoms with Crippen LogP contribution in [0.2, 0.25) is 0 Å². The number of nitrogens with zero attached hydrogens (tertiary/aromatic N) is 1. The molecule has 5 nitrogen and oxygen atoms in total. The van der Waals surface area contributed by atoms with Crippen LogP contribution in [0.3, 0.4) is 0 Å². The Kier molecular flexibility index (Phi) is 8.43. The Morgan fingerprint density at radius 2 is 1.87 bits per heavy atom. The molecule has 166 valence electrons. The van der Waals surface area contributed by atoms with Crippen molar-refractivity contribution >= 4 is 33.3 Å². The number of unbranched alkanes of at least 4 members (excludes halogenated alkanes) is 1. The summed E-state index contributed by atoms with van der Waals surface area (Å²) in [7, 11) is 1.66. The maximum absolute atomic E-state index is 12.7. The van der Waals surface area contributed by atoms with Gasteiger partial charge >= 0.3 is 0 Å². The molecule has 0 saturated carbocycles. The standard InChI is InChI=1S/C25H33N3O2S/c1-18(26)24(25(29)27-12-4-5-13-28-14-6-7-15-28)31-19(2)20-8-9-22-17-23(30-3)11-10-21(22)16-20/h8-11,16-17H,2,4-7,12-15,26H2,1,3H3,(H,27,29)/b24-18-. The van der Waals surface area contributed by atoms with E-state index in [1.165, 1.54) is 37.7 Å². The summed E-state index contributed by atoms with van der Waals surface area (Å²) >= 11 is 1.33. The second-order valence-electron chi connectivity index (χ2n) is 7.98. The van der Waals surface area contributed by atoms with E-state index in [-0.39, 0.29) is 5.91 Å². The van der Waals surface area contributed by atoms with E-state index >= 15 is 0 Å². The predicted octanol–water partition coefficient (Wildman–Crippen LogP) is 4.73. The van der Waals surface area contributed by atoms with Crippen molar-refractivity contribution in [2.24, 2.45) is 5.73 Å². The molecule has 1 saturated heterocycles. The lowest BCUT2D eigenvalue weighted by Crippen LogP contribution is -2.27. The largest absolute Gasteiger partial charge is 0.497 e. The lowest BCUT2D eigenvalue weighted by molar-refractivity contribution is -0.116. The molecular weight excluding hydrogens is 406 g/mol. The van der Waals surface area contributed by atoms with Crippen molar-refractivity contribution in [2.45, 2.75) is 32.6 Å². The van der Waals surface area contributed by atoms with Gasteiger partial charge in [0.2, 0.25) is 0 Å². The third kappa shape index (κ3) is 6.52. The first-order valence-electron chi connectivity index (χ1n) is 10.9. The minimum absolute atomic E-state index is 0.127. The van der Waals surface area contributed by atoms with Crippen LogP contribution >= 0.6 is 11.8 Å². The van der Waals surface area contributed by atoms with Gasteiger partial charge in [-0.2, -0.15) is 0 Å². The Labute approximate surface area is 189 Å². The van der Waals surface area contributed by atoms with Gasteiger partial charge in [-0.3, -0.25) is 4.79 Å². The van der Waals surface area contributed by atoms with Crippen LogP contribution in [0.15, 0.2) is 53.6 Å². The minimum atomic E-state index is -0.127. The van der Waals surface area contributed by atoms with Crippen molar-refractivity contribution in [3.63, 3.8) is 0 Å². The van der Waals surface area contributed by atoms with Crippen molar-refractivity contribution in [1.82, 2.24) is 10.2 Å². The maximum atomic E-state index is 12.7. The number of likely N-dealkylation sites (tertiary alicyclic amines) is 1. The molecule has 0 bridgehead atoms. The van der Waals surface area contributed by atoms with Crippen LogP contribution in [-0.4, -0.2) is 44.1 Å². The first-order chi connectivity index (χ1) is 15.0. The fourth-order valence-corrected chi connectivity index (χ4v) is 4.58. The first kappa shape index (κ1) is 23.2. The smallest absolute Gasteiger partial charge is 0.259 e. The summed E-state index contributed by atoms with van der Waals surface area (Å²) < 4.78 is 5.29. The number of hydrogen-bond acceptors (Lipinski definition) is 5. The highest BCUT2D eigenvalue weighted by atomic mass is 32.2. The van der Waals surface area contributed by atoms with Crippen LogP contribution in [0, 0.1) is 0 Å². The van der Waals surface area contributed by atoms with Gasteiger partial charge < -0.3 is 20.7 Å². The highest BCUT2D eigenvalue weighted by Gasteiger charge is 2.16. The maximum Gasteiger partial charge on any atom is 0.259 e. The highest BCUT2D eigenvalue weighted by Crippen LogP contribution is 2.35. The van der Waals surface area contributed by atoms with Gasteiger partial charge in [0.05, 0.1) is 12.0 Å². The number of thioether (sulfide) groups is 1. The number of carbonyl (C=O) groups excluding carboxylic acids is 1. The number of benzene rings is 2. The van der Waals surface area contributed by atoms with Crippen molar-refractivity contribution in [3.05, 3.63) is 59.1 Å². The van der Waals surface area contributed by atoms with Crippen molar-refractivity contribution in [2.75, 3.05) is 33.3 Å². The summed E-state index contributed by atoms with van der Waals surface area (Å²) in [6.45, 7) is 10.2. The molecule has 0 aliphatic carbocycles. The molecule has 0 atom stereocenters. The zero-order valence-corrected chi connectivity index (χ0v) is 19.4. The van der Waals surface area contributed by atoms with E-state index < -0.39 is 0 Å². The van der Waals surface area contributed by atoms with Gasteiger partial charge in [0, 0.05) is 17.1 Å². The van der Waals surface area contributed by atoms with Crippen LogP contribution in [0.5, 0.6) is 5.75 Å². The van der Waals surface area contributed by atoms with E-state index in [0.717, 1.165) is 46.4 Å². The minimum Gasteiger partial charge on any atom is -0.497 e. The number of fused-ring (bicyclic) bond motifs is 1. The second-order valence-corrected chi connectivity index (χ2v) is 9.08. The molecule has 1 heterocycles. The zero-order chi connectivity index (χ0) is 22.2. The number of ether oxygens (including phenoxy) is 1. The molecule has 2 aromatic carbocycles. The fraction of sp³-hybridized carbons (Fsp3) is 0.400. The second kappa shape index (κ2) is 11.3. The Morgan fingerprint density at radius 3 is 2.58 bits per heavy atom. The Morgan fingerprint density at radius 1 is 1.16 bits per heavy atom. The molecule has 1 aliphatic rings. The van der Waals surface area contributed by atoms with Gasteiger partial charge in [0.15, 0.2) is 0 Å². The summed E-state index contributed by atoms with van der Waals surface area (Å²) in [6.07, 6.45) is 4.70. The molecule has 0 unspecified atom stereocenters. The van der Waals surface area contributed by atoms with E-state index in [9.17, 15) is 4.79 Å². The molecule has 0 radical (unpaired) electrons. The Hall–Kier alpha value is -2.44. The van der Waals surface area contributed by atoms with Gasteiger partial charge in [-0.05, 0) is 86.8 Å². The average molecular weight is 440 g/mol. The number of hydrogen-bond donors (Lipinski definition) is 2. The van der Waals surface area contributed by atoms with Gasteiger partial charge in [-0.25, -0.2) is 0 Å². The molecule has 0 spiro atoms. The van der Waals surface area contributed by atoms with Gasteiger partial charge in [0.25, 0.3) is 5.91 Å². The molecule has 31 heavy (non-hydrogen) atoms. The normalized spacial score (nSPS) is 15.0. The fourth-order valence-electron chi connectivity index (χ4n) is 3.76. The van der Waals surface area contributed by atoms with E-state index in [2.05, 4.69) is 22.9 Å². The molecule has 2 aromatic rings. The SMILES string of the molecule is C=C(S/C(C(=O)NCCCCN1CCCC1)=C(/C)N)c1ccc2cc(OC)ccc2c1. The summed E-state index contributed by atoms with van der Waals surface area (Å²) in [5, 5.41) is 5.21. The van der Waals surface area contributed by atoms with Crippen LogP contribution < -0.4 is 15.8 Å². The predicted molar refractivity (Wildman–Crippen MR) is 132 cm³/mol. The quantitative estimate of drug-likeness (QED) is 0.414. The third-order valence-electron chi connectivity index (χ3n) is 5.54. The van der Waals surface area contributed by atoms with E-state index in [1.54, 1.807) is 14.0 Å². The number of amides is 1. The summed E-state index contributed by atoms with van der Waals surface area (Å²) in [6, 6.07) is 12.1. The molecule has 3 rings (SSSR count). The lowest BCUT2D eigenvalue weighted by atomic mass is 10.1. The van der Waals surface area contributed by atoms with Gasteiger partial charge in [-0.1, -0.05) is 36.5 Å². The van der Waals surface area contributed by atoms with Crippen LogP contribution in [0.4, 0.5) is 0 Å². The molecule has 0 aromatic heterocycles. The van der Waals surface area contributed by atoms with Crippen LogP contribution in [0.1, 0.15) is 38.2 Å². The number of nitrogens with one attached hydrogen (secondary N) is 1. The number of allylic oxidation sites excluding steroid dienone is 1. The lowest BCUT2D eigenvalue weighted by Gasteiger charge is -2.15. The third-order valence-corrected chi connectivity index (χ3v) is 6.74. The Bertz CT molecular complexity index is 960. The number of methoxy groups -OCH3 is 1. The van der Waals surface area contributed by atoms with Crippen molar-refractivity contribution < 1.29 is 9.53 Å². The summed E-state index contributed by atoms with van der Waals surface area (Å²) in [5.74, 6) is 0.701. The number of nitrogens with two attached hydrogens (primary N) is 1. The van der Waals surface area contributed by atoms with E-state index in [0.29, 0.717) is 17.1 Å². The topological polar surface area (TPSA) is 67.6 Å².